The third kappa shape index (κ3) is 3.47. The molecule has 0 aliphatic rings. The van der Waals surface area contributed by atoms with Crippen molar-refractivity contribution in [3.8, 4) is 36.2 Å². The molecule has 1 aromatic carbocycles. The zero-order valence-corrected chi connectivity index (χ0v) is 11.0. The summed E-state index contributed by atoms with van der Waals surface area (Å²) in [6.45, 7) is 5.33. The van der Waals surface area contributed by atoms with Gasteiger partial charge in [-0.2, -0.15) is 0 Å². The Hall–Kier alpha value is -2.06. The van der Waals surface area contributed by atoms with E-state index in [1.54, 1.807) is 12.1 Å². The Labute approximate surface area is 109 Å². The Bertz CT molecular complexity index is 434. The normalized spacial score (nSPS) is 9.33. The van der Waals surface area contributed by atoms with Gasteiger partial charge in [0.2, 0.25) is 0 Å². The SMILES string of the molecule is C#Cc1cc(C#C)c(OCCC)cc1OCCC. The largest absolute Gasteiger partial charge is 0.492 e. The third-order valence-electron chi connectivity index (χ3n) is 2.32. The second kappa shape index (κ2) is 7.30. The van der Waals surface area contributed by atoms with Gasteiger partial charge in [0.05, 0.1) is 24.3 Å². The van der Waals surface area contributed by atoms with Crippen LogP contribution in [0.1, 0.15) is 37.8 Å². The fraction of sp³-hybridized carbons (Fsp3) is 0.375. The molecule has 0 aromatic heterocycles. The van der Waals surface area contributed by atoms with Crippen LogP contribution in [0.25, 0.3) is 0 Å². The molecule has 2 heteroatoms. The van der Waals surface area contributed by atoms with Crippen LogP contribution < -0.4 is 9.47 Å². The van der Waals surface area contributed by atoms with E-state index >= 15 is 0 Å². The van der Waals surface area contributed by atoms with E-state index in [2.05, 4.69) is 11.8 Å². The van der Waals surface area contributed by atoms with Gasteiger partial charge >= 0.3 is 0 Å². The summed E-state index contributed by atoms with van der Waals surface area (Å²) in [4.78, 5) is 0. The molecule has 1 rings (SSSR count). The summed E-state index contributed by atoms with van der Waals surface area (Å²) in [5, 5.41) is 0. The van der Waals surface area contributed by atoms with E-state index in [0.717, 1.165) is 12.8 Å². The summed E-state index contributed by atoms with van der Waals surface area (Å²) in [5.41, 5.74) is 1.33. The van der Waals surface area contributed by atoms with E-state index in [4.69, 9.17) is 22.3 Å². The Morgan fingerprint density at radius 2 is 1.33 bits per heavy atom. The van der Waals surface area contributed by atoms with Crippen molar-refractivity contribution in [1.29, 1.82) is 0 Å². The Kier molecular flexibility index (Phi) is 5.68. The summed E-state index contributed by atoms with van der Waals surface area (Å²) >= 11 is 0. The van der Waals surface area contributed by atoms with Crippen LogP contribution in [0.2, 0.25) is 0 Å². The van der Waals surface area contributed by atoms with Crippen molar-refractivity contribution < 1.29 is 9.47 Å². The average molecular weight is 242 g/mol. The maximum absolute atomic E-state index is 5.61. The molecule has 0 aliphatic carbocycles. The lowest BCUT2D eigenvalue weighted by Gasteiger charge is -2.12. The molecule has 0 radical (unpaired) electrons. The molecule has 0 spiro atoms. The first kappa shape index (κ1) is 14.0. The maximum Gasteiger partial charge on any atom is 0.138 e. The summed E-state index contributed by atoms with van der Waals surface area (Å²) < 4.78 is 11.2. The molecule has 0 unspecified atom stereocenters. The molecule has 18 heavy (non-hydrogen) atoms. The van der Waals surface area contributed by atoms with Gasteiger partial charge in [0, 0.05) is 6.07 Å². The first-order valence-electron chi connectivity index (χ1n) is 6.13. The van der Waals surface area contributed by atoms with Crippen molar-refractivity contribution in [2.45, 2.75) is 26.7 Å². The molecule has 0 saturated heterocycles. The minimum atomic E-state index is 0.622. The highest BCUT2D eigenvalue weighted by Crippen LogP contribution is 2.28. The van der Waals surface area contributed by atoms with Crippen LogP contribution in [-0.4, -0.2) is 13.2 Å². The molecule has 0 bridgehead atoms. The van der Waals surface area contributed by atoms with Crippen molar-refractivity contribution in [3.63, 3.8) is 0 Å². The summed E-state index contributed by atoms with van der Waals surface area (Å²) in [6, 6.07) is 3.55. The number of terminal acetylenes is 2. The topological polar surface area (TPSA) is 18.5 Å². The first-order valence-corrected chi connectivity index (χ1v) is 6.13. The molecule has 0 amide bonds. The van der Waals surface area contributed by atoms with Crippen molar-refractivity contribution >= 4 is 0 Å². The zero-order valence-electron chi connectivity index (χ0n) is 11.0. The molecule has 0 saturated carbocycles. The van der Waals surface area contributed by atoms with Crippen LogP contribution in [0.4, 0.5) is 0 Å². The fourth-order valence-electron chi connectivity index (χ4n) is 1.45. The van der Waals surface area contributed by atoms with Crippen LogP contribution in [0.15, 0.2) is 12.1 Å². The summed E-state index contributed by atoms with van der Waals surface area (Å²) in [5.74, 6) is 6.49. The second-order valence-electron chi connectivity index (χ2n) is 3.83. The van der Waals surface area contributed by atoms with Crippen molar-refractivity contribution in [3.05, 3.63) is 23.3 Å². The molecule has 0 atom stereocenters. The molecule has 1 aromatic rings. The predicted molar refractivity (Wildman–Crippen MR) is 73.9 cm³/mol. The molecular formula is C16H18O2. The highest BCUT2D eigenvalue weighted by Gasteiger charge is 2.09. The molecular weight excluding hydrogens is 224 g/mol. The number of ether oxygens (including phenoxy) is 2. The van der Waals surface area contributed by atoms with E-state index in [1.807, 2.05) is 13.8 Å². The molecule has 0 aliphatic heterocycles. The van der Waals surface area contributed by atoms with Crippen LogP contribution in [0, 0.1) is 24.7 Å². The minimum Gasteiger partial charge on any atom is -0.492 e. The van der Waals surface area contributed by atoms with Gasteiger partial charge in [0.25, 0.3) is 0 Å². The molecule has 2 nitrogen and oxygen atoms in total. The number of rotatable bonds is 6. The van der Waals surface area contributed by atoms with E-state index in [0.29, 0.717) is 35.8 Å². The van der Waals surface area contributed by atoms with E-state index in [-0.39, 0.29) is 0 Å². The van der Waals surface area contributed by atoms with Gasteiger partial charge in [-0.25, -0.2) is 0 Å². The Morgan fingerprint density at radius 3 is 1.67 bits per heavy atom. The third-order valence-corrected chi connectivity index (χ3v) is 2.32. The summed E-state index contributed by atoms with van der Waals surface area (Å²) in [6.07, 6.45) is 12.8. The summed E-state index contributed by atoms with van der Waals surface area (Å²) in [7, 11) is 0. The average Bonchev–Trinajstić information content (AvgIpc) is 2.42. The fourth-order valence-corrected chi connectivity index (χ4v) is 1.45. The van der Waals surface area contributed by atoms with E-state index in [9.17, 15) is 0 Å². The van der Waals surface area contributed by atoms with E-state index in [1.165, 1.54) is 0 Å². The van der Waals surface area contributed by atoms with E-state index < -0.39 is 0 Å². The number of hydrogen-bond acceptors (Lipinski definition) is 2. The molecule has 94 valence electrons. The zero-order chi connectivity index (χ0) is 13.4. The van der Waals surface area contributed by atoms with Gasteiger partial charge in [0.1, 0.15) is 11.5 Å². The lowest BCUT2D eigenvalue weighted by Crippen LogP contribution is -2.02. The highest BCUT2D eigenvalue weighted by molar-refractivity contribution is 5.57. The highest BCUT2D eigenvalue weighted by atomic mass is 16.5. The monoisotopic (exact) mass is 242 g/mol. The van der Waals surface area contributed by atoms with Gasteiger partial charge in [-0.1, -0.05) is 25.7 Å². The smallest absolute Gasteiger partial charge is 0.138 e. The first-order chi connectivity index (χ1) is 8.76. The second-order valence-corrected chi connectivity index (χ2v) is 3.83. The Balaban J connectivity index is 3.10. The minimum absolute atomic E-state index is 0.622. The molecule has 0 fully saturated rings. The van der Waals surface area contributed by atoms with Crippen LogP contribution in [-0.2, 0) is 0 Å². The van der Waals surface area contributed by atoms with Crippen LogP contribution >= 0.6 is 0 Å². The van der Waals surface area contributed by atoms with Crippen molar-refractivity contribution in [2.24, 2.45) is 0 Å². The van der Waals surface area contributed by atoms with Crippen molar-refractivity contribution in [1.82, 2.24) is 0 Å². The van der Waals surface area contributed by atoms with Crippen LogP contribution in [0.3, 0.4) is 0 Å². The Morgan fingerprint density at radius 1 is 0.889 bits per heavy atom. The molecule has 0 heterocycles. The number of hydrogen-bond donors (Lipinski definition) is 0. The van der Waals surface area contributed by atoms with Gasteiger partial charge in [-0.3, -0.25) is 0 Å². The quantitative estimate of drug-likeness (QED) is 0.713. The van der Waals surface area contributed by atoms with Crippen molar-refractivity contribution in [2.75, 3.05) is 13.2 Å². The van der Waals surface area contributed by atoms with Gasteiger partial charge in [-0.05, 0) is 18.9 Å². The van der Waals surface area contributed by atoms with Gasteiger partial charge in [-0.15, -0.1) is 12.8 Å². The molecule has 0 N–H and O–H groups in total. The number of benzene rings is 1. The lowest BCUT2D eigenvalue weighted by atomic mass is 10.1. The standard InChI is InChI=1S/C16H18O2/c1-5-9-17-15-12-16(18-10-6-2)14(8-4)11-13(15)7-3/h3-4,11-12H,5-6,9-10H2,1-2H3. The predicted octanol–water partition coefficient (Wildman–Crippen LogP) is 3.23. The van der Waals surface area contributed by atoms with Gasteiger partial charge < -0.3 is 9.47 Å². The van der Waals surface area contributed by atoms with Gasteiger partial charge in [0.15, 0.2) is 0 Å². The lowest BCUT2D eigenvalue weighted by molar-refractivity contribution is 0.300. The maximum atomic E-state index is 5.61. The van der Waals surface area contributed by atoms with Crippen LogP contribution in [0.5, 0.6) is 11.5 Å².